The highest BCUT2D eigenvalue weighted by Gasteiger charge is 2.31. The van der Waals surface area contributed by atoms with Crippen molar-refractivity contribution in [1.82, 2.24) is 5.32 Å². The molecule has 1 aliphatic heterocycles. The molecule has 1 aromatic carbocycles. The van der Waals surface area contributed by atoms with Crippen LogP contribution in [0.4, 0.5) is 0 Å². The van der Waals surface area contributed by atoms with E-state index in [0.717, 1.165) is 5.75 Å². The Morgan fingerprint density at radius 3 is 2.76 bits per heavy atom. The Morgan fingerprint density at radius 1 is 1.41 bits per heavy atom. The van der Waals surface area contributed by atoms with Crippen LogP contribution >= 0.6 is 11.8 Å². The molecule has 1 saturated heterocycles. The zero-order valence-corrected chi connectivity index (χ0v) is 10.9. The monoisotopic (exact) mass is 251 g/mol. The number of nitrogens with one attached hydrogen (secondary N) is 1. The number of esters is 1. The van der Waals surface area contributed by atoms with Gasteiger partial charge < -0.3 is 4.74 Å². The van der Waals surface area contributed by atoms with E-state index in [9.17, 15) is 4.79 Å². The first-order chi connectivity index (χ1) is 8.16. The molecule has 0 aliphatic carbocycles. The molecule has 1 aliphatic rings. The number of rotatable bonds is 3. The van der Waals surface area contributed by atoms with E-state index in [4.69, 9.17) is 4.74 Å². The third-order valence-corrected chi connectivity index (χ3v) is 3.79. The van der Waals surface area contributed by atoms with Crippen LogP contribution in [-0.4, -0.2) is 23.9 Å². The largest absolute Gasteiger partial charge is 0.462 e. The topological polar surface area (TPSA) is 38.3 Å². The van der Waals surface area contributed by atoms with Gasteiger partial charge in [0.2, 0.25) is 0 Å². The maximum Gasteiger partial charge on any atom is 0.324 e. The third-order valence-electron chi connectivity index (χ3n) is 2.52. The lowest BCUT2D eigenvalue weighted by Gasteiger charge is -2.14. The number of hydrogen-bond donors (Lipinski definition) is 1. The Hall–Kier alpha value is -1.00. The average Bonchev–Trinajstić information content (AvgIpc) is 2.78. The Balaban J connectivity index is 1.94. The van der Waals surface area contributed by atoms with Gasteiger partial charge in [0.15, 0.2) is 0 Å². The first-order valence-corrected chi connectivity index (χ1v) is 6.85. The normalized spacial score (nSPS) is 23.9. The number of carbonyl (C=O) groups excluding carboxylic acids is 1. The van der Waals surface area contributed by atoms with Crippen LogP contribution in [-0.2, 0) is 9.53 Å². The molecule has 4 heteroatoms. The van der Waals surface area contributed by atoms with E-state index in [2.05, 4.69) is 17.4 Å². The van der Waals surface area contributed by atoms with Gasteiger partial charge in [-0.3, -0.25) is 10.1 Å². The number of benzene rings is 1. The first kappa shape index (κ1) is 12.5. The SMILES string of the molecule is CC(C)OC(=O)C1CSC(c2ccccc2)N1. The van der Waals surface area contributed by atoms with E-state index in [0.29, 0.717) is 0 Å². The number of ether oxygens (including phenoxy) is 1. The van der Waals surface area contributed by atoms with Gasteiger partial charge in [-0.2, -0.15) is 0 Å². The summed E-state index contributed by atoms with van der Waals surface area (Å²) in [6, 6.07) is 9.97. The maximum absolute atomic E-state index is 11.7. The van der Waals surface area contributed by atoms with Gasteiger partial charge in [0.25, 0.3) is 0 Å². The van der Waals surface area contributed by atoms with Gasteiger partial charge in [-0.05, 0) is 19.4 Å². The van der Waals surface area contributed by atoms with Gasteiger partial charge in [-0.1, -0.05) is 30.3 Å². The standard InChI is InChI=1S/C13H17NO2S/c1-9(2)16-13(15)11-8-17-12(14-11)10-6-4-3-5-7-10/h3-7,9,11-12,14H,8H2,1-2H3. The lowest BCUT2D eigenvalue weighted by molar-refractivity contribution is -0.149. The second kappa shape index (κ2) is 5.56. The van der Waals surface area contributed by atoms with Crippen LogP contribution in [0.25, 0.3) is 0 Å². The van der Waals surface area contributed by atoms with Gasteiger partial charge in [-0.25, -0.2) is 0 Å². The first-order valence-electron chi connectivity index (χ1n) is 5.80. The zero-order chi connectivity index (χ0) is 12.3. The molecule has 2 unspecified atom stereocenters. The molecule has 0 radical (unpaired) electrons. The van der Waals surface area contributed by atoms with Crippen molar-refractivity contribution in [3.63, 3.8) is 0 Å². The molecular weight excluding hydrogens is 234 g/mol. The maximum atomic E-state index is 11.7. The predicted molar refractivity (Wildman–Crippen MR) is 69.8 cm³/mol. The van der Waals surface area contributed by atoms with E-state index in [-0.39, 0.29) is 23.5 Å². The molecule has 2 atom stereocenters. The van der Waals surface area contributed by atoms with Gasteiger partial charge in [0, 0.05) is 5.75 Å². The summed E-state index contributed by atoms with van der Waals surface area (Å²) in [4.78, 5) is 11.7. The molecule has 17 heavy (non-hydrogen) atoms. The summed E-state index contributed by atoms with van der Waals surface area (Å²) >= 11 is 1.75. The number of thioether (sulfide) groups is 1. The van der Waals surface area contributed by atoms with Crippen molar-refractivity contribution in [2.24, 2.45) is 0 Å². The molecule has 1 heterocycles. The average molecular weight is 251 g/mol. The van der Waals surface area contributed by atoms with Crippen molar-refractivity contribution in [3.8, 4) is 0 Å². The molecule has 2 rings (SSSR count). The summed E-state index contributed by atoms with van der Waals surface area (Å²) in [5.74, 6) is 0.622. The number of hydrogen-bond acceptors (Lipinski definition) is 4. The molecule has 0 amide bonds. The van der Waals surface area contributed by atoms with Crippen LogP contribution in [0, 0.1) is 0 Å². The minimum Gasteiger partial charge on any atom is -0.462 e. The smallest absolute Gasteiger partial charge is 0.324 e. The summed E-state index contributed by atoms with van der Waals surface area (Å²) in [6.07, 6.45) is -0.0509. The van der Waals surface area contributed by atoms with Gasteiger partial charge in [-0.15, -0.1) is 11.8 Å². The number of carbonyl (C=O) groups is 1. The molecule has 3 nitrogen and oxygen atoms in total. The Morgan fingerprint density at radius 2 is 2.12 bits per heavy atom. The molecule has 92 valence electrons. The lowest BCUT2D eigenvalue weighted by Crippen LogP contribution is -2.36. The summed E-state index contributed by atoms with van der Waals surface area (Å²) < 4.78 is 5.20. The summed E-state index contributed by atoms with van der Waals surface area (Å²) in [5.41, 5.74) is 1.21. The Labute approximate surface area is 106 Å². The molecule has 1 aromatic rings. The Kier molecular flexibility index (Phi) is 4.07. The molecule has 0 aromatic heterocycles. The summed E-state index contributed by atoms with van der Waals surface area (Å²) in [7, 11) is 0. The highest BCUT2D eigenvalue weighted by atomic mass is 32.2. The second-order valence-electron chi connectivity index (χ2n) is 4.33. The van der Waals surface area contributed by atoms with Gasteiger partial charge in [0.05, 0.1) is 11.5 Å². The van der Waals surface area contributed by atoms with Crippen molar-refractivity contribution in [2.75, 3.05) is 5.75 Å². The van der Waals surface area contributed by atoms with E-state index in [1.54, 1.807) is 11.8 Å². The molecular formula is C13H17NO2S. The van der Waals surface area contributed by atoms with Crippen molar-refractivity contribution < 1.29 is 9.53 Å². The van der Waals surface area contributed by atoms with Crippen molar-refractivity contribution in [3.05, 3.63) is 35.9 Å². The van der Waals surface area contributed by atoms with E-state index in [1.807, 2.05) is 32.0 Å². The third kappa shape index (κ3) is 3.23. The van der Waals surface area contributed by atoms with Gasteiger partial charge >= 0.3 is 5.97 Å². The van der Waals surface area contributed by atoms with Crippen LogP contribution in [0.3, 0.4) is 0 Å². The van der Waals surface area contributed by atoms with E-state index >= 15 is 0 Å². The van der Waals surface area contributed by atoms with E-state index < -0.39 is 0 Å². The molecule has 1 fully saturated rings. The minimum atomic E-state index is -0.187. The summed E-state index contributed by atoms with van der Waals surface area (Å²) in [6.45, 7) is 3.74. The van der Waals surface area contributed by atoms with Crippen LogP contribution in [0.5, 0.6) is 0 Å². The van der Waals surface area contributed by atoms with Crippen LogP contribution in [0.1, 0.15) is 24.8 Å². The van der Waals surface area contributed by atoms with Crippen molar-refractivity contribution >= 4 is 17.7 Å². The lowest BCUT2D eigenvalue weighted by atomic mass is 10.2. The molecule has 0 spiro atoms. The highest BCUT2D eigenvalue weighted by molar-refractivity contribution is 7.99. The summed E-state index contributed by atoms with van der Waals surface area (Å²) in [5, 5.41) is 3.50. The van der Waals surface area contributed by atoms with Crippen LogP contribution in [0.15, 0.2) is 30.3 Å². The molecule has 1 N–H and O–H groups in total. The van der Waals surface area contributed by atoms with Crippen LogP contribution in [0.2, 0.25) is 0 Å². The quantitative estimate of drug-likeness (QED) is 0.837. The van der Waals surface area contributed by atoms with Crippen LogP contribution < -0.4 is 5.32 Å². The van der Waals surface area contributed by atoms with Gasteiger partial charge in [0.1, 0.15) is 6.04 Å². The highest BCUT2D eigenvalue weighted by Crippen LogP contribution is 2.32. The second-order valence-corrected chi connectivity index (χ2v) is 5.47. The van der Waals surface area contributed by atoms with E-state index in [1.165, 1.54) is 5.56 Å². The van der Waals surface area contributed by atoms with Crippen molar-refractivity contribution in [2.45, 2.75) is 31.4 Å². The molecule has 0 saturated carbocycles. The zero-order valence-electron chi connectivity index (χ0n) is 10.1. The Bertz CT molecular complexity index is 380. The van der Waals surface area contributed by atoms with Crippen molar-refractivity contribution in [1.29, 1.82) is 0 Å². The fourth-order valence-corrected chi connectivity index (χ4v) is 2.97. The predicted octanol–water partition coefficient (Wildman–Crippen LogP) is 2.34. The minimum absolute atomic E-state index is 0.0509. The fraction of sp³-hybridized carbons (Fsp3) is 0.462. The fourth-order valence-electron chi connectivity index (χ4n) is 1.74. The molecule has 0 bridgehead atoms.